The Labute approximate surface area is 106 Å². The lowest BCUT2D eigenvalue weighted by molar-refractivity contribution is -0.182. The van der Waals surface area contributed by atoms with E-state index < -0.39 is 12.8 Å². The number of rotatable bonds is 6. The monoisotopic (exact) mass is 265 g/mol. The summed E-state index contributed by atoms with van der Waals surface area (Å²) in [6, 6.07) is 0.603. The van der Waals surface area contributed by atoms with E-state index in [2.05, 4.69) is 5.32 Å². The summed E-state index contributed by atoms with van der Waals surface area (Å²) >= 11 is 0. The third-order valence-electron chi connectivity index (χ3n) is 3.93. The van der Waals surface area contributed by atoms with Crippen LogP contribution in [0.25, 0.3) is 0 Å². The largest absolute Gasteiger partial charge is 0.411 e. The van der Waals surface area contributed by atoms with Crippen LogP contribution in [0.5, 0.6) is 0 Å². The van der Waals surface area contributed by atoms with E-state index >= 15 is 0 Å². The van der Waals surface area contributed by atoms with Crippen LogP contribution in [0, 0.1) is 5.41 Å². The average molecular weight is 265 g/mol. The molecule has 0 bridgehead atoms. The quantitative estimate of drug-likeness (QED) is 0.796. The van der Waals surface area contributed by atoms with Crippen LogP contribution >= 0.6 is 0 Å². The maximum absolute atomic E-state index is 12.1. The van der Waals surface area contributed by atoms with Gasteiger partial charge in [-0.25, -0.2) is 0 Å². The van der Waals surface area contributed by atoms with Crippen LogP contribution in [0.3, 0.4) is 0 Å². The molecule has 2 nitrogen and oxygen atoms in total. The summed E-state index contributed by atoms with van der Waals surface area (Å²) in [7, 11) is 0. The molecular weight excluding hydrogens is 243 g/mol. The zero-order valence-corrected chi connectivity index (χ0v) is 10.7. The molecule has 0 spiro atoms. The Balaban J connectivity index is 1.78. The Kier molecular flexibility index (Phi) is 4.54. The first-order chi connectivity index (χ1) is 8.49. The molecule has 0 amide bonds. The summed E-state index contributed by atoms with van der Waals surface area (Å²) in [6.07, 6.45) is 3.61. The average Bonchev–Trinajstić information content (AvgIpc) is 3.10. The van der Waals surface area contributed by atoms with Crippen LogP contribution in [0.4, 0.5) is 13.2 Å². The minimum Gasteiger partial charge on any atom is -0.371 e. The summed E-state index contributed by atoms with van der Waals surface area (Å²) in [6.45, 7) is -0.0556. The molecule has 2 saturated carbocycles. The highest BCUT2D eigenvalue weighted by Crippen LogP contribution is 2.37. The summed E-state index contributed by atoms with van der Waals surface area (Å²) in [5.74, 6) is 0. The van der Waals surface area contributed by atoms with Crippen molar-refractivity contribution in [2.24, 2.45) is 5.41 Å². The Morgan fingerprint density at radius 3 is 2.33 bits per heavy atom. The second-order valence-electron chi connectivity index (χ2n) is 5.82. The first-order valence-electron chi connectivity index (χ1n) is 6.87. The van der Waals surface area contributed by atoms with Gasteiger partial charge in [0.25, 0.3) is 0 Å². The lowest BCUT2D eigenvalue weighted by Crippen LogP contribution is -2.41. The molecular formula is C13H22F3NO. The summed E-state index contributed by atoms with van der Waals surface area (Å²) in [5, 5.41) is 3.45. The van der Waals surface area contributed by atoms with Gasteiger partial charge in [-0.2, -0.15) is 13.2 Å². The number of ether oxygens (including phenoxy) is 1. The topological polar surface area (TPSA) is 21.3 Å². The Morgan fingerprint density at radius 1 is 1.11 bits per heavy atom. The van der Waals surface area contributed by atoms with E-state index in [1.807, 2.05) is 0 Å². The van der Waals surface area contributed by atoms with Crippen LogP contribution in [0.1, 0.15) is 44.9 Å². The van der Waals surface area contributed by atoms with Crippen LogP contribution in [-0.2, 0) is 4.74 Å². The van der Waals surface area contributed by atoms with Crippen molar-refractivity contribution in [3.8, 4) is 0 Å². The molecule has 0 aromatic carbocycles. The molecule has 2 aliphatic carbocycles. The highest BCUT2D eigenvalue weighted by atomic mass is 19.4. The number of halogens is 3. The first kappa shape index (κ1) is 14.1. The Hall–Kier alpha value is -0.290. The van der Waals surface area contributed by atoms with Gasteiger partial charge in [-0.3, -0.25) is 0 Å². The second kappa shape index (κ2) is 5.78. The van der Waals surface area contributed by atoms with Crippen molar-refractivity contribution >= 4 is 0 Å². The fourth-order valence-electron chi connectivity index (χ4n) is 2.71. The first-order valence-corrected chi connectivity index (χ1v) is 6.87. The number of nitrogens with one attached hydrogen (secondary N) is 1. The molecule has 0 aromatic heterocycles. The molecule has 0 aliphatic heterocycles. The highest BCUT2D eigenvalue weighted by molar-refractivity contribution is 4.89. The molecule has 2 rings (SSSR count). The van der Waals surface area contributed by atoms with Crippen molar-refractivity contribution in [1.29, 1.82) is 0 Å². The van der Waals surface area contributed by atoms with E-state index in [0.29, 0.717) is 6.04 Å². The van der Waals surface area contributed by atoms with Gasteiger partial charge in [0, 0.05) is 18.0 Å². The lowest BCUT2D eigenvalue weighted by atomic mass is 9.74. The Morgan fingerprint density at radius 2 is 1.78 bits per heavy atom. The van der Waals surface area contributed by atoms with Gasteiger partial charge < -0.3 is 10.1 Å². The van der Waals surface area contributed by atoms with Crippen LogP contribution in [0.15, 0.2) is 0 Å². The molecule has 5 heteroatoms. The van der Waals surface area contributed by atoms with Crippen LogP contribution < -0.4 is 5.32 Å². The Bertz CT molecular complexity index is 257. The number of alkyl halides is 3. The van der Waals surface area contributed by atoms with Gasteiger partial charge in [-0.05, 0) is 25.7 Å². The summed E-state index contributed by atoms with van der Waals surface area (Å²) in [4.78, 5) is 0. The van der Waals surface area contributed by atoms with Gasteiger partial charge >= 0.3 is 6.18 Å². The van der Waals surface area contributed by atoms with Crippen LogP contribution in [0.2, 0.25) is 0 Å². The summed E-state index contributed by atoms with van der Waals surface area (Å²) < 4.78 is 41.3. The molecule has 2 aliphatic rings. The van der Waals surface area contributed by atoms with Gasteiger partial charge in [-0.1, -0.05) is 19.3 Å². The van der Waals surface area contributed by atoms with E-state index in [1.165, 1.54) is 19.3 Å². The molecule has 1 N–H and O–H groups in total. The molecule has 18 heavy (non-hydrogen) atoms. The minimum absolute atomic E-state index is 0.0634. The fourth-order valence-corrected chi connectivity index (χ4v) is 2.71. The summed E-state index contributed by atoms with van der Waals surface area (Å²) in [5.41, 5.74) is -0.0634. The zero-order valence-electron chi connectivity index (χ0n) is 10.7. The predicted molar refractivity (Wildman–Crippen MR) is 63.4 cm³/mol. The molecule has 0 unspecified atom stereocenters. The third kappa shape index (κ3) is 4.76. The molecule has 0 atom stereocenters. The molecule has 0 radical (unpaired) electrons. The second-order valence-corrected chi connectivity index (χ2v) is 5.82. The van der Waals surface area contributed by atoms with Gasteiger partial charge in [0.2, 0.25) is 0 Å². The zero-order chi connectivity index (χ0) is 13.1. The van der Waals surface area contributed by atoms with E-state index in [1.54, 1.807) is 0 Å². The molecule has 0 aromatic rings. The van der Waals surface area contributed by atoms with Crippen molar-refractivity contribution in [2.45, 2.75) is 57.2 Å². The van der Waals surface area contributed by atoms with Crippen molar-refractivity contribution in [3.63, 3.8) is 0 Å². The lowest BCUT2D eigenvalue weighted by Gasteiger charge is -2.37. The van der Waals surface area contributed by atoms with Crippen molar-refractivity contribution in [1.82, 2.24) is 5.32 Å². The molecule has 0 heterocycles. The molecule has 2 fully saturated rings. The van der Waals surface area contributed by atoms with Gasteiger partial charge in [0.15, 0.2) is 0 Å². The number of hydrogen-bond donors (Lipinski definition) is 1. The number of hydrogen-bond acceptors (Lipinski definition) is 2. The molecule has 106 valence electrons. The van der Waals surface area contributed by atoms with Crippen molar-refractivity contribution < 1.29 is 17.9 Å². The van der Waals surface area contributed by atoms with Crippen molar-refractivity contribution in [3.05, 3.63) is 0 Å². The highest BCUT2D eigenvalue weighted by Gasteiger charge is 2.36. The van der Waals surface area contributed by atoms with Gasteiger partial charge in [0.1, 0.15) is 6.61 Å². The third-order valence-corrected chi connectivity index (χ3v) is 3.93. The van der Waals surface area contributed by atoms with E-state index in [9.17, 15) is 13.2 Å². The fraction of sp³-hybridized carbons (Fsp3) is 1.00. The van der Waals surface area contributed by atoms with E-state index in [-0.39, 0.29) is 12.0 Å². The van der Waals surface area contributed by atoms with Gasteiger partial charge in [0.05, 0.1) is 6.61 Å². The standard InChI is InChI=1S/C13H22F3NO/c14-13(15,16)10-18-9-12(6-2-1-3-7-12)8-17-11-4-5-11/h11,17H,1-10H2. The maximum atomic E-state index is 12.1. The molecule has 0 saturated heterocycles. The normalized spacial score (nSPS) is 24.2. The SMILES string of the molecule is FC(F)(F)COCC1(CNC2CC2)CCCCC1. The minimum atomic E-state index is -4.21. The van der Waals surface area contributed by atoms with E-state index in [4.69, 9.17) is 4.74 Å². The predicted octanol–water partition coefficient (Wildman–Crippen LogP) is 3.27. The van der Waals surface area contributed by atoms with E-state index in [0.717, 1.165) is 32.2 Å². The smallest absolute Gasteiger partial charge is 0.371 e. The van der Waals surface area contributed by atoms with Crippen LogP contribution in [-0.4, -0.2) is 32.0 Å². The van der Waals surface area contributed by atoms with Crippen molar-refractivity contribution in [2.75, 3.05) is 19.8 Å². The maximum Gasteiger partial charge on any atom is 0.411 e. The van der Waals surface area contributed by atoms with Gasteiger partial charge in [-0.15, -0.1) is 0 Å².